The summed E-state index contributed by atoms with van der Waals surface area (Å²) in [4.78, 5) is 8.38. The Balaban J connectivity index is 2.23. The number of ether oxygens (including phenoxy) is 1. The van der Waals surface area contributed by atoms with Crippen LogP contribution in [0.25, 0.3) is 0 Å². The zero-order chi connectivity index (χ0) is 15.3. The summed E-state index contributed by atoms with van der Waals surface area (Å²) in [7, 11) is 0. The lowest BCUT2D eigenvalue weighted by Crippen LogP contribution is -2.12. The Morgan fingerprint density at radius 1 is 1.14 bits per heavy atom. The van der Waals surface area contributed by atoms with Crippen molar-refractivity contribution in [2.24, 2.45) is 0 Å². The van der Waals surface area contributed by atoms with E-state index in [1.54, 1.807) is 0 Å². The molecule has 0 fully saturated rings. The molecule has 1 aromatic carbocycles. The molecule has 0 atom stereocenters. The Kier molecular flexibility index (Phi) is 4.78. The Bertz CT molecular complexity index is 591. The molecule has 1 heterocycles. The van der Waals surface area contributed by atoms with E-state index in [4.69, 9.17) is 4.74 Å². The average Bonchev–Trinajstić information content (AvgIpc) is 2.45. The van der Waals surface area contributed by atoms with Crippen LogP contribution in [0.2, 0.25) is 0 Å². The molecule has 0 aliphatic rings. The van der Waals surface area contributed by atoms with Gasteiger partial charge in [0.05, 0.1) is 0 Å². The van der Waals surface area contributed by atoms with Crippen LogP contribution in [0, 0.1) is 0 Å². The topological polar surface area (TPSA) is 47.0 Å². The van der Waals surface area contributed by atoms with Gasteiger partial charge in [0.25, 0.3) is 0 Å². The highest BCUT2D eigenvalue weighted by Crippen LogP contribution is 2.33. The molecule has 21 heavy (non-hydrogen) atoms. The van der Waals surface area contributed by atoms with Crippen molar-refractivity contribution >= 4 is 5.82 Å². The van der Waals surface area contributed by atoms with E-state index in [0.29, 0.717) is 5.88 Å². The van der Waals surface area contributed by atoms with Gasteiger partial charge in [0.1, 0.15) is 17.9 Å². The SMILES string of the molecule is CCCNc1cc(Oc2ccccc2C(C)(C)C)ncn1. The summed E-state index contributed by atoms with van der Waals surface area (Å²) in [6.45, 7) is 9.51. The van der Waals surface area contributed by atoms with Gasteiger partial charge in [0.2, 0.25) is 5.88 Å². The van der Waals surface area contributed by atoms with E-state index in [9.17, 15) is 0 Å². The molecule has 0 aliphatic heterocycles. The first-order chi connectivity index (χ1) is 10.0. The Morgan fingerprint density at radius 3 is 2.62 bits per heavy atom. The lowest BCUT2D eigenvalue weighted by atomic mass is 9.86. The van der Waals surface area contributed by atoms with Crippen LogP contribution in [0.1, 0.15) is 39.7 Å². The Labute approximate surface area is 126 Å². The highest BCUT2D eigenvalue weighted by molar-refractivity contribution is 5.43. The largest absolute Gasteiger partial charge is 0.439 e. The molecule has 0 spiro atoms. The molecule has 1 aromatic heterocycles. The van der Waals surface area contributed by atoms with Crippen molar-refractivity contribution in [2.75, 3.05) is 11.9 Å². The van der Waals surface area contributed by atoms with Crippen molar-refractivity contribution < 1.29 is 4.74 Å². The molecule has 0 saturated carbocycles. The number of nitrogens with zero attached hydrogens (tertiary/aromatic N) is 2. The van der Waals surface area contributed by atoms with E-state index in [0.717, 1.165) is 30.1 Å². The van der Waals surface area contributed by atoms with Crippen molar-refractivity contribution in [3.63, 3.8) is 0 Å². The normalized spacial score (nSPS) is 11.2. The van der Waals surface area contributed by atoms with Gasteiger partial charge in [-0.1, -0.05) is 45.9 Å². The fourth-order valence-electron chi connectivity index (χ4n) is 2.03. The number of anilines is 1. The average molecular weight is 285 g/mol. The van der Waals surface area contributed by atoms with Crippen LogP contribution in [0.3, 0.4) is 0 Å². The van der Waals surface area contributed by atoms with Crippen molar-refractivity contribution in [2.45, 2.75) is 39.5 Å². The monoisotopic (exact) mass is 285 g/mol. The molecule has 0 amide bonds. The highest BCUT2D eigenvalue weighted by Gasteiger charge is 2.19. The summed E-state index contributed by atoms with van der Waals surface area (Å²) in [6.07, 6.45) is 2.57. The third kappa shape index (κ3) is 4.18. The van der Waals surface area contributed by atoms with E-state index in [1.807, 2.05) is 24.3 Å². The fourth-order valence-corrected chi connectivity index (χ4v) is 2.03. The van der Waals surface area contributed by atoms with Crippen LogP contribution >= 0.6 is 0 Å². The minimum atomic E-state index is 0.0207. The number of hydrogen-bond donors (Lipinski definition) is 1. The zero-order valence-corrected chi connectivity index (χ0v) is 13.2. The summed E-state index contributed by atoms with van der Waals surface area (Å²) in [6, 6.07) is 9.90. The first kappa shape index (κ1) is 15.3. The van der Waals surface area contributed by atoms with E-state index < -0.39 is 0 Å². The quantitative estimate of drug-likeness (QED) is 0.885. The van der Waals surface area contributed by atoms with Gasteiger partial charge in [0, 0.05) is 18.2 Å². The second-order valence-corrected chi connectivity index (χ2v) is 6.02. The lowest BCUT2D eigenvalue weighted by Gasteiger charge is -2.22. The molecule has 0 saturated heterocycles. The van der Waals surface area contributed by atoms with Crippen molar-refractivity contribution in [3.8, 4) is 11.6 Å². The second-order valence-electron chi connectivity index (χ2n) is 6.02. The molecule has 2 aromatic rings. The minimum Gasteiger partial charge on any atom is -0.439 e. The fraction of sp³-hybridized carbons (Fsp3) is 0.412. The molecule has 0 unspecified atom stereocenters. The molecule has 0 radical (unpaired) electrons. The number of hydrogen-bond acceptors (Lipinski definition) is 4. The molecular formula is C17H23N3O. The summed E-state index contributed by atoms with van der Waals surface area (Å²) in [5.41, 5.74) is 1.18. The highest BCUT2D eigenvalue weighted by atomic mass is 16.5. The van der Waals surface area contributed by atoms with Gasteiger partial charge >= 0.3 is 0 Å². The van der Waals surface area contributed by atoms with E-state index >= 15 is 0 Å². The molecular weight excluding hydrogens is 262 g/mol. The maximum absolute atomic E-state index is 5.97. The smallest absolute Gasteiger partial charge is 0.224 e. The van der Waals surface area contributed by atoms with Gasteiger partial charge in [-0.15, -0.1) is 0 Å². The standard InChI is InChI=1S/C17H23N3O/c1-5-10-18-15-11-16(20-12-19-15)21-14-9-7-6-8-13(14)17(2,3)4/h6-9,11-12H,5,10H2,1-4H3,(H,18,19,20). The maximum Gasteiger partial charge on any atom is 0.224 e. The molecule has 112 valence electrons. The minimum absolute atomic E-state index is 0.0207. The van der Waals surface area contributed by atoms with Crippen molar-refractivity contribution in [1.29, 1.82) is 0 Å². The molecule has 4 heteroatoms. The third-order valence-electron chi connectivity index (χ3n) is 3.11. The first-order valence-electron chi connectivity index (χ1n) is 7.34. The van der Waals surface area contributed by atoms with Gasteiger partial charge < -0.3 is 10.1 Å². The van der Waals surface area contributed by atoms with Gasteiger partial charge in [0.15, 0.2) is 0 Å². The zero-order valence-electron chi connectivity index (χ0n) is 13.2. The van der Waals surface area contributed by atoms with Crippen molar-refractivity contribution in [1.82, 2.24) is 9.97 Å². The predicted molar refractivity (Wildman–Crippen MR) is 86.0 cm³/mol. The molecule has 1 N–H and O–H groups in total. The lowest BCUT2D eigenvalue weighted by molar-refractivity contribution is 0.439. The maximum atomic E-state index is 5.97. The number of aromatic nitrogens is 2. The van der Waals surface area contributed by atoms with E-state index in [-0.39, 0.29) is 5.41 Å². The van der Waals surface area contributed by atoms with E-state index in [1.165, 1.54) is 6.33 Å². The van der Waals surface area contributed by atoms with E-state index in [2.05, 4.69) is 49.0 Å². The van der Waals surface area contributed by atoms with Crippen LogP contribution in [-0.4, -0.2) is 16.5 Å². The predicted octanol–water partition coefficient (Wildman–Crippen LogP) is 4.39. The Hall–Kier alpha value is -2.10. The summed E-state index contributed by atoms with van der Waals surface area (Å²) < 4.78 is 5.97. The Morgan fingerprint density at radius 2 is 1.90 bits per heavy atom. The third-order valence-corrected chi connectivity index (χ3v) is 3.11. The van der Waals surface area contributed by atoms with Gasteiger partial charge in [-0.05, 0) is 17.9 Å². The van der Waals surface area contributed by atoms with Gasteiger partial charge in [-0.3, -0.25) is 0 Å². The molecule has 4 nitrogen and oxygen atoms in total. The van der Waals surface area contributed by atoms with Crippen LogP contribution in [0.15, 0.2) is 36.7 Å². The summed E-state index contributed by atoms with van der Waals surface area (Å²) in [5, 5.41) is 3.23. The van der Waals surface area contributed by atoms with Gasteiger partial charge in [-0.25, -0.2) is 9.97 Å². The summed E-state index contributed by atoms with van der Waals surface area (Å²) in [5.74, 6) is 2.18. The number of nitrogens with one attached hydrogen (secondary N) is 1. The molecule has 0 aliphatic carbocycles. The van der Waals surface area contributed by atoms with Gasteiger partial charge in [-0.2, -0.15) is 0 Å². The second kappa shape index (κ2) is 6.57. The first-order valence-corrected chi connectivity index (χ1v) is 7.34. The number of benzene rings is 1. The molecule has 0 bridgehead atoms. The van der Waals surface area contributed by atoms with Crippen LogP contribution in [-0.2, 0) is 5.41 Å². The number of para-hydroxylation sites is 1. The molecule has 2 rings (SSSR count). The van der Waals surface area contributed by atoms with Crippen LogP contribution in [0.5, 0.6) is 11.6 Å². The summed E-state index contributed by atoms with van der Waals surface area (Å²) >= 11 is 0. The number of rotatable bonds is 5. The van der Waals surface area contributed by atoms with Crippen LogP contribution < -0.4 is 10.1 Å². The van der Waals surface area contributed by atoms with Crippen LogP contribution in [0.4, 0.5) is 5.82 Å². The van der Waals surface area contributed by atoms with Crippen molar-refractivity contribution in [3.05, 3.63) is 42.2 Å².